The Morgan fingerprint density at radius 2 is 1.70 bits per heavy atom. The van der Waals surface area contributed by atoms with Gasteiger partial charge in [0, 0.05) is 0 Å². The maximum Gasteiger partial charge on any atom is 0.332 e. The van der Waals surface area contributed by atoms with E-state index in [0.717, 1.165) is 5.56 Å². The Bertz CT molecular complexity index is 416. The number of aliphatic hydroxyl groups excluding tert-OH is 1. The molecule has 0 heterocycles. The molecular weight excluding hydrogens is 252 g/mol. The van der Waals surface area contributed by atoms with Crippen LogP contribution < -0.4 is 0 Å². The number of rotatable bonds is 5. The predicted molar refractivity (Wildman–Crippen MR) is 78.8 cm³/mol. The van der Waals surface area contributed by atoms with Crippen molar-refractivity contribution in [1.82, 2.24) is 0 Å². The van der Waals surface area contributed by atoms with Crippen LogP contribution in [0.1, 0.15) is 62.0 Å². The average Bonchev–Trinajstić information content (AvgIpc) is 2.74. The Hall–Kier alpha value is -1.35. The van der Waals surface area contributed by atoms with Crippen LogP contribution in [-0.2, 0) is 11.2 Å². The molecule has 1 aromatic rings. The Labute approximate surface area is 120 Å². The van der Waals surface area contributed by atoms with Gasteiger partial charge in [-0.3, -0.25) is 0 Å². The van der Waals surface area contributed by atoms with E-state index in [2.05, 4.69) is 24.3 Å². The third-order valence-corrected chi connectivity index (χ3v) is 4.30. The highest BCUT2D eigenvalue weighted by Gasteiger charge is 2.15. The van der Waals surface area contributed by atoms with Gasteiger partial charge in [-0.25, -0.2) is 4.79 Å². The molecule has 3 nitrogen and oxygen atoms in total. The summed E-state index contributed by atoms with van der Waals surface area (Å²) in [6.07, 6.45) is 7.60. The molecule has 0 aliphatic heterocycles. The van der Waals surface area contributed by atoms with Crippen LogP contribution in [0.4, 0.5) is 0 Å². The quantitative estimate of drug-likeness (QED) is 0.809. The summed E-state index contributed by atoms with van der Waals surface area (Å²) in [6.45, 7) is 0. The van der Waals surface area contributed by atoms with E-state index in [9.17, 15) is 9.90 Å². The largest absolute Gasteiger partial charge is 0.479 e. The van der Waals surface area contributed by atoms with Gasteiger partial charge in [0.1, 0.15) is 0 Å². The van der Waals surface area contributed by atoms with Crippen LogP contribution in [0.25, 0.3) is 0 Å². The zero-order valence-electron chi connectivity index (χ0n) is 11.9. The molecule has 20 heavy (non-hydrogen) atoms. The molecule has 0 radical (unpaired) electrons. The minimum atomic E-state index is -1.25. The van der Waals surface area contributed by atoms with E-state index < -0.39 is 12.1 Å². The molecule has 1 unspecified atom stereocenters. The second-order valence-electron chi connectivity index (χ2n) is 5.82. The Morgan fingerprint density at radius 1 is 1.10 bits per heavy atom. The first-order chi connectivity index (χ1) is 9.66. The fraction of sp³-hybridized carbons (Fsp3) is 0.588. The minimum Gasteiger partial charge on any atom is -0.479 e. The molecule has 0 amide bonds. The molecule has 1 fully saturated rings. The molecule has 3 heteroatoms. The summed E-state index contributed by atoms with van der Waals surface area (Å²) in [5.41, 5.74) is 2.51. The molecule has 0 saturated heterocycles. The van der Waals surface area contributed by atoms with Gasteiger partial charge in [-0.2, -0.15) is 0 Å². The number of carboxylic acid groups (broad SMARTS) is 1. The topological polar surface area (TPSA) is 57.5 Å². The van der Waals surface area contributed by atoms with Crippen LogP contribution in [0.2, 0.25) is 0 Å². The molecule has 0 aromatic heterocycles. The lowest BCUT2D eigenvalue weighted by molar-refractivity contribution is -0.146. The molecule has 1 aromatic carbocycles. The first-order valence-corrected chi connectivity index (χ1v) is 7.66. The SMILES string of the molecule is O=C(O)C(O)CCc1ccc(C2CCCCCC2)cc1. The second kappa shape index (κ2) is 7.44. The fourth-order valence-corrected chi connectivity index (χ4v) is 3.00. The van der Waals surface area contributed by atoms with E-state index in [1.807, 2.05) is 0 Å². The van der Waals surface area contributed by atoms with Crippen LogP contribution in [0.5, 0.6) is 0 Å². The number of carbonyl (C=O) groups is 1. The van der Waals surface area contributed by atoms with Gasteiger partial charge in [-0.15, -0.1) is 0 Å². The number of carboxylic acids is 1. The maximum absolute atomic E-state index is 10.6. The molecular formula is C17H24O3. The zero-order chi connectivity index (χ0) is 14.4. The zero-order valence-corrected chi connectivity index (χ0v) is 11.9. The van der Waals surface area contributed by atoms with Crippen LogP contribution in [-0.4, -0.2) is 22.3 Å². The summed E-state index contributed by atoms with van der Waals surface area (Å²) < 4.78 is 0. The molecule has 1 atom stereocenters. The highest BCUT2D eigenvalue weighted by atomic mass is 16.4. The van der Waals surface area contributed by atoms with Crippen LogP contribution >= 0.6 is 0 Å². The molecule has 1 aliphatic carbocycles. The van der Waals surface area contributed by atoms with Crippen molar-refractivity contribution in [1.29, 1.82) is 0 Å². The lowest BCUT2D eigenvalue weighted by Gasteiger charge is -2.15. The molecule has 1 aliphatic rings. The van der Waals surface area contributed by atoms with E-state index in [1.54, 1.807) is 0 Å². The van der Waals surface area contributed by atoms with E-state index in [1.165, 1.54) is 44.1 Å². The highest BCUT2D eigenvalue weighted by molar-refractivity contribution is 5.71. The monoisotopic (exact) mass is 276 g/mol. The van der Waals surface area contributed by atoms with Gasteiger partial charge in [0.2, 0.25) is 0 Å². The van der Waals surface area contributed by atoms with Gasteiger partial charge in [0.05, 0.1) is 0 Å². The molecule has 0 bridgehead atoms. The predicted octanol–water partition coefficient (Wildman–Crippen LogP) is 3.50. The number of benzene rings is 1. The third kappa shape index (κ3) is 4.34. The summed E-state index contributed by atoms with van der Waals surface area (Å²) in [5.74, 6) is -0.448. The van der Waals surface area contributed by atoms with Gasteiger partial charge in [-0.05, 0) is 42.7 Å². The lowest BCUT2D eigenvalue weighted by Crippen LogP contribution is -2.19. The Morgan fingerprint density at radius 3 is 2.25 bits per heavy atom. The molecule has 2 N–H and O–H groups in total. The second-order valence-corrected chi connectivity index (χ2v) is 5.82. The number of aliphatic carboxylic acids is 1. The summed E-state index contributed by atoms with van der Waals surface area (Å²) in [5, 5.41) is 17.9. The van der Waals surface area contributed by atoms with Crippen molar-refractivity contribution >= 4 is 5.97 Å². The lowest BCUT2D eigenvalue weighted by atomic mass is 9.91. The van der Waals surface area contributed by atoms with Crippen molar-refractivity contribution in [3.63, 3.8) is 0 Å². The maximum atomic E-state index is 10.6. The van der Waals surface area contributed by atoms with Gasteiger partial charge in [-0.1, -0.05) is 49.9 Å². The Balaban J connectivity index is 1.90. The minimum absolute atomic E-state index is 0.276. The van der Waals surface area contributed by atoms with E-state index in [4.69, 9.17) is 5.11 Å². The average molecular weight is 276 g/mol. The normalized spacial score (nSPS) is 18.4. The molecule has 0 spiro atoms. The number of aliphatic hydroxyl groups is 1. The van der Waals surface area contributed by atoms with Crippen LogP contribution in [0.3, 0.4) is 0 Å². The van der Waals surface area contributed by atoms with Crippen LogP contribution in [0, 0.1) is 0 Å². The smallest absolute Gasteiger partial charge is 0.332 e. The van der Waals surface area contributed by atoms with Gasteiger partial charge in [0.15, 0.2) is 6.10 Å². The van der Waals surface area contributed by atoms with Crippen molar-refractivity contribution in [2.75, 3.05) is 0 Å². The molecule has 110 valence electrons. The van der Waals surface area contributed by atoms with Crippen molar-refractivity contribution in [2.24, 2.45) is 0 Å². The number of aryl methyl sites for hydroxylation is 1. The van der Waals surface area contributed by atoms with E-state index in [0.29, 0.717) is 12.3 Å². The summed E-state index contributed by atoms with van der Waals surface area (Å²) >= 11 is 0. The number of hydrogen-bond donors (Lipinski definition) is 2. The molecule has 2 rings (SSSR count). The fourth-order valence-electron chi connectivity index (χ4n) is 3.00. The van der Waals surface area contributed by atoms with E-state index >= 15 is 0 Å². The van der Waals surface area contributed by atoms with Crippen molar-refractivity contribution in [2.45, 2.75) is 63.4 Å². The standard InChI is InChI=1S/C17H24O3/c18-16(17(19)20)12-9-13-7-10-15(11-8-13)14-5-3-1-2-4-6-14/h7-8,10-11,14,16,18H,1-6,9,12H2,(H,19,20). The number of hydrogen-bond acceptors (Lipinski definition) is 2. The van der Waals surface area contributed by atoms with Gasteiger partial charge in [0.25, 0.3) is 0 Å². The van der Waals surface area contributed by atoms with E-state index in [-0.39, 0.29) is 6.42 Å². The van der Waals surface area contributed by atoms with Gasteiger partial charge < -0.3 is 10.2 Å². The third-order valence-electron chi connectivity index (χ3n) is 4.30. The van der Waals surface area contributed by atoms with Crippen molar-refractivity contribution in [3.8, 4) is 0 Å². The first-order valence-electron chi connectivity index (χ1n) is 7.66. The highest BCUT2D eigenvalue weighted by Crippen LogP contribution is 2.31. The first kappa shape index (κ1) is 15.0. The summed E-state index contributed by atoms with van der Waals surface area (Å²) in [6, 6.07) is 8.51. The summed E-state index contributed by atoms with van der Waals surface area (Å²) in [7, 11) is 0. The van der Waals surface area contributed by atoms with Crippen molar-refractivity contribution in [3.05, 3.63) is 35.4 Å². The van der Waals surface area contributed by atoms with Gasteiger partial charge >= 0.3 is 5.97 Å². The van der Waals surface area contributed by atoms with Crippen molar-refractivity contribution < 1.29 is 15.0 Å². The summed E-state index contributed by atoms with van der Waals surface area (Å²) in [4.78, 5) is 10.6. The van der Waals surface area contributed by atoms with Crippen LogP contribution in [0.15, 0.2) is 24.3 Å². The Kier molecular flexibility index (Phi) is 5.60. The molecule has 1 saturated carbocycles.